The van der Waals surface area contributed by atoms with E-state index >= 15 is 0 Å². The molecule has 1 aliphatic rings. The van der Waals surface area contributed by atoms with E-state index in [-0.39, 0.29) is 23.8 Å². The molecule has 15 heteroatoms. The van der Waals surface area contributed by atoms with Crippen LogP contribution in [0, 0.1) is 11.7 Å². The Bertz CT molecular complexity index is 1610. The van der Waals surface area contributed by atoms with Crippen molar-refractivity contribution in [2.24, 2.45) is 13.0 Å². The summed E-state index contributed by atoms with van der Waals surface area (Å²) in [5, 5.41) is 10.5. The van der Waals surface area contributed by atoms with Gasteiger partial charge in [0.15, 0.2) is 17.0 Å². The molecule has 4 heterocycles. The van der Waals surface area contributed by atoms with Crippen LogP contribution in [0.1, 0.15) is 23.9 Å². The molecule has 4 aromatic rings. The minimum Gasteiger partial charge on any atom is -0.369 e. The lowest BCUT2D eigenvalue weighted by Crippen LogP contribution is -2.58. The number of fused-ring (bicyclic) bond motifs is 1. The summed E-state index contributed by atoms with van der Waals surface area (Å²) in [6.45, 7) is 2.69. The number of hydrogen-bond acceptors (Lipinski definition) is 6. The minimum atomic E-state index is -4.92. The number of hydrogen-bond donors (Lipinski definition) is 1. The van der Waals surface area contributed by atoms with Crippen LogP contribution in [-0.4, -0.2) is 44.0 Å². The van der Waals surface area contributed by atoms with Crippen LogP contribution in [0.3, 0.4) is 0 Å². The zero-order valence-electron chi connectivity index (χ0n) is 21.1. The molecule has 0 spiro atoms. The van der Waals surface area contributed by atoms with Gasteiger partial charge in [0.1, 0.15) is 17.5 Å². The third kappa shape index (κ3) is 5.07. The van der Waals surface area contributed by atoms with Crippen molar-refractivity contribution < 1.29 is 30.7 Å². The van der Waals surface area contributed by atoms with Gasteiger partial charge in [-0.15, -0.1) is 0 Å². The maximum atomic E-state index is 13.7. The van der Waals surface area contributed by atoms with Gasteiger partial charge < -0.3 is 10.2 Å². The highest BCUT2D eigenvalue weighted by Crippen LogP contribution is 2.40. The number of rotatable bonds is 6. The van der Waals surface area contributed by atoms with Gasteiger partial charge in [0.2, 0.25) is 0 Å². The standard InChI is InChI=1S/C25H22F7N7O/c1-23(14-3-5-16(26)6-4-14,15-11-38(12-15)19-7-8-22(40)37(2)36-19)13-33-20-9-17(24(27,28)29)34-21-10-18(25(30,31)32)35-39(20)21/h3-10,15,33H,11-13H2,1-2H3/t23-/m0/s1. The Morgan fingerprint density at radius 3 is 2.17 bits per heavy atom. The topological polar surface area (TPSA) is 80.3 Å². The molecule has 1 aliphatic heterocycles. The molecule has 8 nitrogen and oxygen atoms in total. The lowest BCUT2D eigenvalue weighted by Gasteiger charge is -2.50. The summed E-state index contributed by atoms with van der Waals surface area (Å²) in [7, 11) is 1.51. The summed E-state index contributed by atoms with van der Waals surface area (Å²) in [6.07, 6.45) is -9.81. The number of benzene rings is 1. The van der Waals surface area contributed by atoms with Crippen LogP contribution < -0.4 is 15.8 Å². The molecule has 0 bridgehead atoms. The van der Waals surface area contributed by atoms with E-state index < -0.39 is 40.6 Å². The van der Waals surface area contributed by atoms with Gasteiger partial charge in [0.05, 0.1) is 0 Å². The predicted octanol–water partition coefficient (Wildman–Crippen LogP) is 4.51. The quantitative estimate of drug-likeness (QED) is 0.345. The Morgan fingerprint density at radius 2 is 1.57 bits per heavy atom. The van der Waals surface area contributed by atoms with Gasteiger partial charge in [-0.2, -0.15) is 41.1 Å². The summed E-state index contributed by atoms with van der Waals surface area (Å²) in [5.74, 6) is -0.399. The number of alkyl halides is 6. The van der Waals surface area contributed by atoms with E-state index in [1.807, 2.05) is 11.8 Å². The fourth-order valence-corrected chi connectivity index (χ4v) is 4.70. The van der Waals surface area contributed by atoms with Crippen LogP contribution in [0.25, 0.3) is 5.65 Å². The molecular weight excluding hydrogens is 547 g/mol. The lowest BCUT2D eigenvalue weighted by molar-refractivity contribution is -0.142. The Hall–Kier alpha value is -4.17. The number of halogens is 7. The molecule has 0 saturated carbocycles. The van der Waals surface area contributed by atoms with Crippen LogP contribution in [0.2, 0.25) is 0 Å². The second kappa shape index (κ2) is 9.48. The number of aryl methyl sites for hydroxylation is 1. The largest absolute Gasteiger partial charge is 0.435 e. The van der Waals surface area contributed by atoms with Crippen molar-refractivity contribution in [1.29, 1.82) is 0 Å². The van der Waals surface area contributed by atoms with E-state index in [2.05, 4.69) is 20.5 Å². The van der Waals surface area contributed by atoms with E-state index in [1.165, 1.54) is 29.9 Å². The number of anilines is 2. The van der Waals surface area contributed by atoms with Crippen LogP contribution >= 0.6 is 0 Å². The first kappa shape index (κ1) is 27.4. The van der Waals surface area contributed by atoms with E-state index in [4.69, 9.17) is 0 Å². The van der Waals surface area contributed by atoms with Gasteiger partial charge in [-0.3, -0.25) is 4.79 Å². The molecule has 3 aromatic heterocycles. The first-order chi connectivity index (χ1) is 18.6. The van der Waals surface area contributed by atoms with Crippen molar-refractivity contribution in [2.75, 3.05) is 29.9 Å². The molecule has 1 atom stereocenters. The molecule has 0 unspecified atom stereocenters. The summed E-state index contributed by atoms with van der Waals surface area (Å²) >= 11 is 0. The van der Waals surface area contributed by atoms with Crippen molar-refractivity contribution in [2.45, 2.75) is 24.7 Å². The van der Waals surface area contributed by atoms with Crippen LogP contribution in [0.15, 0.2) is 53.3 Å². The number of aromatic nitrogens is 5. The second-order valence-electron chi connectivity index (χ2n) is 9.85. The van der Waals surface area contributed by atoms with E-state index in [0.29, 0.717) is 41.1 Å². The fraction of sp³-hybridized carbons (Fsp3) is 0.360. The van der Waals surface area contributed by atoms with Crippen LogP contribution in [0.4, 0.5) is 42.4 Å². The molecule has 0 aliphatic carbocycles. The zero-order valence-corrected chi connectivity index (χ0v) is 21.1. The molecule has 40 heavy (non-hydrogen) atoms. The van der Waals surface area contributed by atoms with Crippen molar-refractivity contribution in [1.82, 2.24) is 24.4 Å². The first-order valence-electron chi connectivity index (χ1n) is 12.0. The maximum Gasteiger partial charge on any atom is 0.435 e. The highest BCUT2D eigenvalue weighted by molar-refractivity contribution is 5.52. The summed E-state index contributed by atoms with van der Waals surface area (Å²) < 4.78 is 96.2. The molecule has 0 amide bonds. The summed E-state index contributed by atoms with van der Waals surface area (Å²) in [5.41, 5.74) is -3.83. The SMILES string of the molecule is Cn1nc(N2CC([C@@](C)(CNc3cc(C(F)(F)F)nc4cc(C(F)(F)F)nn34)c3ccc(F)cc3)C2)ccc1=O. The zero-order chi connectivity index (χ0) is 29.0. The molecule has 1 N–H and O–H groups in total. The van der Waals surface area contributed by atoms with Crippen molar-refractivity contribution in [3.63, 3.8) is 0 Å². The Morgan fingerprint density at radius 1 is 0.925 bits per heavy atom. The highest BCUT2D eigenvalue weighted by Gasteiger charge is 2.44. The third-order valence-electron chi connectivity index (χ3n) is 7.20. The molecular formula is C25H22F7N7O. The number of nitrogens with zero attached hydrogens (tertiary/aromatic N) is 6. The summed E-state index contributed by atoms with van der Waals surface area (Å²) in [6, 6.07) is 9.64. The van der Waals surface area contributed by atoms with Gasteiger partial charge in [0.25, 0.3) is 5.56 Å². The molecule has 5 rings (SSSR count). The highest BCUT2D eigenvalue weighted by atomic mass is 19.4. The average Bonchev–Trinajstić information content (AvgIpc) is 3.29. The average molecular weight is 569 g/mol. The van der Waals surface area contributed by atoms with Gasteiger partial charge in [0, 0.05) is 56.2 Å². The van der Waals surface area contributed by atoms with E-state index in [1.54, 1.807) is 18.2 Å². The normalized spacial score (nSPS) is 16.2. The molecule has 0 radical (unpaired) electrons. The van der Waals surface area contributed by atoms with E-state index in [0.717, 1.165) is 0 Å². The van der Waals surface area contributed by atoms with Gasteiger partial charge in [-0.1, -0.05) is 19.1 Å². The molecule has 1 saturated heterocycles. The third-order valence-corrected chi connectivity index (χ3v) is 7.20. The maximum absolute atomic E-state index is 13.7. The molecule has 212 valence electrons. The van der Waals surface area contributed by atoms with Crippen molar-refractivity contribution >= 4 is 17.3 Å². The Kier molecular flexibility index (Phi) is 6.50. The number of nitrogens with one attached hydrogen (secondary N) is 1. The monoisotopic (exact) mass is 569 g/mol. The first-order valence-corrected chi connectivity index (χ1v) is 12.0. The van der Waals surface area contributed by atoms with E-state index in [9.17, 15) is 35.5 Å². The lowest BCUT2D eigenvalue weighted by atomic mass is 9.68. The van der Waals surface area contributed by atoms with Crippen LogP contribution in [-0.2, 0) is 24.8 Å². The Balaban J connectivity index is 1.49. The second-order valence-corrected chi connectivity index (χ2v) is 9.85. The van der Waals surface area contributed by atoms with Crippen molar-refractivity contribution in [3.8, 4) is 0 Å². The molecule has 1 fully saturated rings. The van der Waals surface area contributed by atoms with Gasteiger partial charge in [-0.05, 0) is 23.8 Å². The molecule has 1 aromatic carbocycles. The fourth-order valence-electron chi connectivity index (χ4n) is 4.70. The Labute approximate surface area is 222 Å². The van der Waals surface area contributed by atoms with Gasteiger partial charge >= 0.3 is 12.4 Å². The minimum absolute atomic E-state index is 0.0323. The summed E-state index contributed by atoms with van der Waals surface area (Å²) in [4.78, 5) is 16.9. The van der Waals surface area contributed by atoms with Crippen molar-refractivity contribution in [3.05, 3.63) is 81.7 Å². The smallest absolute Gasteiger partial charge is 0.369 e. The van der Waals surface area contributed by atoms with Gasteiger partial charge in [-0.25, -0.2) is 14.1 Å². The predicted molar refractivity (Wildman–Crippen MR) is 130 cm³/mol. The van der Waals surface area contributed by atoms with Crippen LogP contribution in [0.5, 0.6) is 0 Å².